The Morgan fingerprint density at radius 3 is 1.27 bits per heavy atom. The maximum atomic E-state index is 6.66. The van der Waals surface area contributed by atoms with E-state index < -0.39 is 17.0 Å². The van der Waals surface area contributed by atoms with Gasteiger partial charge in [-0.15, -0.1) is 0 Å². The van der Waals surface area contributed by atoms with E-state index in [1.165, 1.54) is 16.7 Å². The summed E-state index contributed by atoms with van der Waals surface area (Å²) in [6.07, 6.45) is 1.89. The minimum absolute atomic E-state index is 0.631. The van der Waals surface area contributed by atoms with Crippen molar-refractivity contribution < 1.29 is 20.3 Å². The first-order valence-electron chi connectivity index (χ1n) is 9.16. The van der Waals surface area contributed by atoms with Gasteiger partial charge in [0.05, 0.1) is 0 Å². The molecule has 3 aromatic carbocycles. The third-order valence-corrected chi connectivity index (χ3v) is 10.8. The van der Waals surface area contributed by atoms with Crippen molar-refractivity contribution in [2.75, 3.05) is 6.61 Å². The average molecular weight is 378 g/mol. The maximum absolute atomic E-state index is 6.66. The molecule has 0 atom stereocenters. The van der Waals surface area contributed by atoms with E-state index in [0.717, 1.165) is 14.2 Å². The molecule has 0 bridgehead atoms. The first-order chi connectivity index (χ1) is 12.8. The molecule has 0 saturated heterocycles. The van der Waals surface area contributed by atoms with E-state index in [2.05, 4.69) is 97.6 Å². The molecule has 3 rings (SSSR count). The van der Waals surface area contributed by atoms with Crippen molar-refractivity contribution in [3.63, 3.8) is 0 Å². The quantitative estimate of drug-likeness (QED) is 0.335. The van der Waals surface area contributed by atoms with E-state index in [9.17, 15) is 0 Å². The van der Waals surface area contributed by atoms with Crippen LogP contribution >= 0.6 is 0 Å². The van der Waals surface area contributed by atoms with Crippen molar-refractivity contribution in [2.45, 2.75) is 14.2 Å². The molecule has 0 aliphatic carbocycles. The van der Waals surface area contributed by atoms with Gasteiger partial charge in [0.15, 0.2) is 0 Å². The van der Waals surface area contributed by atoms with Crippen molar-refractivity contribution in [3.05, 3.63) is 120 Å². The Morgan fingerprint density at radius 2 is 0.962 bits per heavy atom. The van der Waals surface area contributed by atoms with Crippen molar-refractivity contribution in [1.82, 2.24) is 0 Å². The van der Waals surface area contributed by atoms with Crippen LogP contribution < -0.4 is 0 Å². The number of hydrogen-bond donors (Lipinski definition) is 0. The van der Waals surface area contributed by atoms with Crippen LogP contribution in [0.3, 0.4) is 0 Å². The number of benzene rings is 3. The zero-order chi connectivity index (χ0) is 18.1. The molecule has 3 aromatic rings. The molecule has 0 N–H and O–H groups in total. The summed E-state index contributed by atoms with van der Waals surface area (Å²) in [7, 11) is 0. The first-order valence-corrected chi connectivity index (χ1v) is 13.1. The van der Waals surface area contributed by atoms with E-state index >= 15 is 0 Å². The fourth-order valence-corrected chi connectivity index (χ4v) is 9.87. The first kappa shape index (κ1) is 18.9. The summed E-state index contributed by atoms with van der Waals surface area (Å²) < 4.78 is 9.82. The van der Waals surface area contributed by atoms with Crippen LogP contribution in [0.1, 0.15) is 16.7 Å². The van der Waals surface area contributed by atoms with Crippen LogP contribution in [0.15, 0.2) is 104 Å². The summed E-state index contributed by atoms with van der Waals surface area (Å²) in [5.41, 5.74) is 4.13. The fraction of sp³-hybridized carbons (Fsp3) is 0.167. The summed E-state index contributed by atoms with van der Waals surface area (Å²) >= 11 is -2.74. The molecule has 2 heteroatoms. The second kappa shape index (κ2) is 9.68. The molecule has 0 spiro atoms. The Bertz CT molecular complexity index is 683. The molecule has 26 heavy (non-hydrogen) atoms. The molecule has 0 unspecified atom stereocenters. The summed E-state index contributed by atoms with van der Waals surface area (Å²) in [4.78, 5) is 0. The van der Waals surface area contributed by atoms with Crippen LogP contribution in [-0.2, 0) is 34.5 Å². The van der Waals surface area contributed by atoms with Crippen LogP contribution in [0, 0.1) is 0 Å². The number of rotatable bonds is 9. The predicted octanol–water partition coefficient (Wildman–Crippen LogP) is 5.86. The van der Waals surface area contributed by atoms with Crippen LogP contribution in [0.25, 0.3) is 0 Å². The monoisotopic (exact) mass is 378 g/mol. The van der Waals surface area contributed by atoms with E-state index in [-0.39, 0.29) is 0 Å². The molecule has 0 saturated carbocycles. The van der Waals surface area contributed by atoms with Crippen molar-refractivity contribution in [2.24, 2.45) is 0 Å². The van der Waals surface area contributed by atoms with Gasteiger partial charge in [-0.05, 0) is 0 Å². The van der Waals surface area contributed by atoms with Gasteiger partial charge in [-0.2, -0.15) is 0 Å². The van der Waals surface area contributed by atoms with Crippen molar-refractivity contribution in [3.8, 4) is 0 Å². The zero-order valence-corrected chi connectivity index (χ0v) is 16.7. The van der Waals surface area contributed by atoms with Gasteiger partial charge < -0.3 is 0 Å². The molecule has 132 valence electrons. The Hall–Kier alpha value is -1.93. The van der Waals surface area contributed by atoms with E-state index in [1.54, 1.807) is 0 Å². The SMILES string of the molecule is C=CC[O][Ti]([CH2]c1ccccc1)([CH2]c1ccccc1)[CH2]c1ccccc1. The number of hydrogen-bond acceptors (Lipinski definition) is 1. The summed E-state index contributed by atoms with van der Waals surface area (Å²) in [5.74, 6) is 0. The Kier molecular flexibility index (Phi) is 7.02. The standard InChI is InChI=1S/3C7H7.C3H5O.Ti/c3*1-7-5-3-2-4-6-7;1-2-3-4;/h3*2-6H,1H2;2H,1,3H2;/q;;;-1;+1. The molecule has 0 fully saturated rings. The third kappa shape index (κ3) is 5.54. The van der Waals surface area contributed by atoms with Gasteiger partial charge in [0.1, 0.15) is 0 Å². The van der Waals surface area contributed by atoms with E-state index in [1.807, 2.05) is 6.08 Å². The summed E-state index contributed by atoms with van der Waals surface area (Å²) in [5, 5.41) is 0. The normalized spacial score (nSPS) is 11.2. The molecule has 0 aromatic heterocycles. The molecular formula is C24H26OTi. The van der Waals surface area contributed by atoms with Crippen LogP contribution in [0.5, 0.6) is 0 Å². The van der Waals surface area contributed by atoms with Gasteiger partial charge in [-0.3, -0.25) is 0 Å². The third-order valence-electron chi connectivity index (χ3n) is 4.61. The van der Waals surface area contributed by atoms with Crippen LogP contribution in [-0.4, -0.2) is 6.61 Å². The van der Waals surface area contributed by atoms with Crippen molar-refractivity contribution >= 4 is 0 Å². The molecule has 0 aliphatic rings. The van der Waals surface area contributed by atoms with Gasteiger partial charge in [-0.1, -0.05) is 0 Å². The van der Waals surface area contributed by atoms with Gasteiger partial charge in [0, 0.05) is 0 Å². The zero-order valence-electron chi connectivity index (χ0n) is 15.2. The van der Waals surface area contributed by atoms with E-state index in [0.29, 0.717) is 6.61 Å². The van der Waals surface area contributed by atoms with Crippen LogP contribution in [0.4, 0.5) is 0 Å². The van der Waals surface area contributed by atoms with Gasteiger partial charge >= 0.3 is 161 Å². The second-order valence-corrected chi connectivity index (χ2v) is 12.6. The molecule has 1 nitrogen and oxygen atoms in total. The van der Waals surface area contributed by atoms with Crippen molar-refractivity contribution in [1.29, 1.82) is 0 Å². The van der Waals surface area contributed by atoms with E-state index in [4.69, 9.17) is 3.32 Å². The Labute approximate surface area is 161 Å². The average Bonchev–Trinajstić information content (AvgIpc) is 2.69. The Balaban J connectivity index is 1.95. The van der Waals surface area contributed by atoms with Gasteiger partial charge in [0.25, 0.3) is 0 Å². The predicted molar refractivity (Wildman–Crippen MR) is 107 cm³/mol. The summed E-state index contributed by atoms with van der Waals surface area (Å²) in [6, 6.07) is 32.4. The van der Waals surface area contributed by atoms with Gasteiger partial charge in [0.2, 0.25) is 0 Å². The minimum atomic E-state index is -2.74. The van der Waals surface area contributed by atoms with Gasteiger partial charge in [-0.25, -0.2) is 0 Å². The second-order valence-electron chi connectivity index (χ2n) is 6.77. The Morgan fingerprint density at radius 1 is 0.615 bits per heavy atom. The van der Waals surface area contributed by atoms with Crippen LogP contribution in [0.2, 0.25) is 0 Å². The molecule has 0 aliphatic heterocycles. The topological polar surface area (TPSA) is 9.23 Å². The fourth-order valence-electron chi connectivity index (χ4n) is 3.48. The molecule has 0 radical (unpaired) electrons. The molecule has 0 heterocycles. The molecule has 0 amide bonds. The molecular weight excluding hydrogens is 352 g/mol. The summed E-state index contributed by atoms with van der Waals surface area (Å²) in [6.45, 7) is 4.52.